The van der Waals surface area contributed by atoms with Gasteiger partial charge in [-0.1, -0.05) is 110 Å². The van der Waals surface area contributed by atoms with E-state index in [-0.39, 0.29) is 0 Å². The molecule has 0 aliphatic carbocycles. The molecular formula is C24H45NO. The Bertz CT molecular complexity index is 361. The summed E-state index contributed by atoms with van der Waals surface area (Å²) in [6.45, 7) is 8.37. The Kier molecular flexibility index (Phi) is 18.2. The summed E-state index contributed by atoms with van der Waals surface area (Å²) in [6.07, 6.45) is 22.5. The van der Waals surface area contributed by atoms with Gasteiger partial charge in [0.15, 0.2) is 0 Å². The molecule has 0 heterocycles. The van der Waals surface area contributed by atoms with Crippen LogP contribution in [0.2, 0.25) is 0 Å². The topological polar surface area (TPSA) is 40.9 Å². The van der Waals surface area contributed by atoms with Crippen LogP contribution in [0, 0.1) is 11.3 Å². The van der Waals surface area contributed by atoms with Gasteiger partial charge in [0.1, 0.15) is 6.29 Å². The van der Waals surface area contributed by atoms with Gasteiger partial charge in [0.25, 0.3) is 0 Å². The Labute approximate surface area is 163 Å². The Hall–Kier alpha value is -0.920. The van der Waals surface area contributed by atoms with Crippen molar-refractivity contribution in [2.75, 3.05) is 0 Å². The Morgan fingerprint density at radius 1 is 0.846 bits per heavy atom. The Morgan fingerprint density at radius 2 is 1.31 bits per heavy atom. The predicted molar refractivity (Wildman–Crippen MR) is 116 cm³/mol. The van der Waals surface area contributed by atoms with Crippen molar-refractivity contribution in [1.29, 1.82) is 5.41 Å². The molecule has 0 aromatic heterocycles. The molecule has 1 unspecified atom stereocenters. The maximum absolute atomic E-state index is 10.4. The lowest BCUT2D eigenvalue weighted by Crippen LogP contribution is -2.04. The molecule has 2 nitrogen and oxygen atoms in total. The van der Waals surface area contributed by atoms with Crippen LogP contribution in [0.3, 0.4) is 0 Å². The molecule has 26 heavy (non-hydrogen) atoms. The highest BCUT2D eigenvalue weighted by Crippen LogP contribution is 2.18. The maximum atomic E-state index is 10.4. The number of hydrogen-bond donors (Lipinski definition) is 1. The Balaban J connectivity index is 3.32. The molecule has 0 bridgehead atoms. The largest absolute Gasteiger partial charge is 0.305 e. The second kappa shape index (κ2) is 18.9. The summed E-state index contributed by atoms with van der Waals surface area (Å²) < 4.78 is 0. The van der Waals surface area contributed by atoms with E-state index in [9.17, 15) is 4.79 Å². The van der Waals surface area contributed by atoms with Crippen LogP contribution in [-0.4, -0.2) is 12.0 Å². The molecule has 0 fully saturated rings. The molecule has 0 saturated carbocycles. The van der Waals surface area contributed by atoms with Gasteiger partial charge in [0.2, 0.25) is 0 Å². The molecule has 0 aliphatic rings. The van der Waals surface area contributed by atoms with E-state index in [0.717, 1.165) is 19.1 Å². The molecule has 0 aromatic rings. The Morgan fingerprint density at radius 3 is 1.77 bits per heavy atom. The van der Waals surface area contributed by atoms with Gasteiger partial charge in [-0.15, -0.1) is 0 Å². The molecule has 0 spiro atoms. The van der Waals surface area contributed by atoms with Gasteiger partial charge in [-0.2, -0.15) is 0 Å². The first-order valence-corrected chi connectivity index (χ1v) is 11.3. The standard InChI is InChI=1S/C24H45NO/c1-4-5-6-7-8-9-10-11-12-13-14-15-16-17-22(2)18-19-24(25)23(3)20-21-26/h21-22,25H,3-20H2,1-2H3. The van der Waals surface area contributed by atoms with Crippen LogP contribution >= 0.6 is 0 Å². The van der Waals surface area contributed by atoms with Crippen LogP contribution in [-0.2, 0) is 4.79 Å². The molecular weight excluding hydrogens is 318 g/mol. The van der Waals surface area contributed by atoms with Gasteiger partial charge < -0.3 is 10.2 Å². The fourth-order valence-corrected chi connectivity index (χ4v) is 3.45. The number of allylic oxidation sites excluding steroid dienone is 1. The van der Waals surface area contributed by atoms with E-state index < -0.39 is 0 Å². The lowest BCUT2D eigenvalue weighted by Gasteiger charge is -2.12. The van der Waals surface area contributed by atoms with Crippen LogP contribution in [0.15, 0.2) is 12.2 Å². The lowest BCUT2D eigenvalue weighted by molar-refractivity contribution is -0.107. The van der Waals surface area contributed by atoms with Crippen molar-refractivity contribution in [1.82, 2.24) is 0 Å². The number of rotatable bonds is 20. The summed E-state index contributed by atoms with van der Waals surface area (Å²) in [5.41, 5.74) is 1.25. The highest BCUT2D eigenvalue weighted by atomic mass is 16.1. The molecule has 0 amide bonds. The minimum atomic E-state index is 0.312. The van der Waals surface area contributed by atoms with E-state index in [1.54, 1.807) is 0 Å². The van der Waals surface area contributed by atoms with Crippen molar-refractivity contribution >= 4 is 12.0 Å². The number of aldehydes is 1. The number of nitrogens with one attached hydrogen (secondary N) is 1. The van der Waals surface area contributed by atoms with Gasteiger partial charge in [-0.3, -0.25) is 0 Å². The van der Waals surface area contributed by atoms with Crippen molar-refractivity contribution in [3.8, 4) is 0 Å². The first kappa shape index (κ1) is 25.1. The molecule has 152 valence electrons. The van der Waals surface area contributed by atoms with E-state index >= 15 is 0 Å². The third-order valence-electron chi connectivity index (χ3n) is 5.44. The van der Waals surface area contributed by atoms with Crippen molar-refractivity contribution < 1.29 is 4.79 Å². The highest BCUT2D eigenvalue weighted by molar-refractivity contribution is 5.99. The molecule has 0 radical (unpaired) electrons. The zero-order valence-corrected chi connectivity index (χ0v) is 17.8. The summed E-state index contributed by atoms with van der Waals surface area (Å²) in [7, 11) is 0. The average Bonchev–Trinajstić information content (AvgIpc) is 2.63. The summed E-state index contributed by atoms with van der Waals surface area (Å²) >= 11 is 0. The van der Waals surface area contributed by atoms with Crippen LogP contribution < -0.4 is 0 Å². The minimum Gasteiger partial charge on any atom is -0.305 e. The minimum absolute atomic E-state index is 0.312. The zero-order valence-electron chi connectivity index (χ0n) is 17.8. The van der Waals surface area contributed by atoms with Gasteiger partial charge >= 0.3 is 0 Å². The van der Waals surface area contributed by atoms with E-state index in [1.165, 1.54) is 89.9 Å². The monoisotopic (exact) mass is 363 g/mol. The number of carbonyl (C=O) groups excluding carboxylic acids is 1. The van der Waals surface area contributed by atoms with Crippen LogP contribution in [0.4, 0.5) is 0 Å². The molecule has 0 aliphatic heterocycles. The molecule has 0 saturated heterocycles. The van der Waals surface area contributed by atoms with Gasteiger partial charge in [-0.05, 0) is 24.3 Å². The number of carbonyl (C=O) groups is 1. The third kappa shape index (κ3) is 16.5. The molecule has 1 N–H and O–H groups in total. The highest BCUT2D eigenvalue weighted by Gasteiger charge is 2.07. The van der Waals surface area contributed by atoms with E-state index in [4.69, 9.17) is 5.41 Å². The molecule has 0 aromatic carbocycles. The van der Waals surface area contributed by atoms with E-state index in [1.807, 2.05) is 0 Å². The van der Waals surface area contributed by atoms with Crippen molar-refractivity contribution in [2.45, 2.75) is 123 Å². The smallest absolute Gasteiger partial charge is 0.124 e. The lowest BCUT2D eigenvalue weighted by atomic mass is 9.94. The zero-order chi connectivity index (χ0) is 19.5. The molecule has 1 atom stereocenters. The van der Waals surface area contributed by atoms with Crippen LogP contribution in [0.1, 0.15) is 123 Å². The van der Waals surface area contributed by atoms with Crippen molar-refractivity contribution in [3.63, 3.8) is 0 Å². The van der Waals surface area contributed by atoms with Crippen LogP contribution in [0.5, 0.6) is 0 Å². The third-order valence-corrected chi connectivity index (χ3v) is 5.44. The summed E-state index contributed by atoms with van der Waals surface area (Å²) in [5, 5.41) is 7.91. The quantitative estimate of drug-likeness (QED) is 0.133. The van der Waals surface area contributed by atoms with Gasteiger partial charge in [0, 0.05) is 12.1 Å². The normalized spacial score (nSPS) is 12.1. The molecule has 2 heteroatoms. The van der Waals surface area contributed by atoms with E-state index in [2.05, 4.69) is 20.4 Å². The summed E-state index contributed by atoms with van der Waals surface area (Å²) in [5.74, 6) is 0.673. The van der Waals surface area contributed by atoms with Gasteiger partial charge in [0.05, 0.1) is 0 Å². The van der Waals surface area contributed by atoms with Crippen molar-refractivity contribution in [2.24, 2.45) is 5.92 Å². The van der Waals surface area contributed by atoms with Crippen molar-refractivity contribution in [3.05, 3.63) is 12.2 Å². The predicted octanol–water partition coefficient (Wildman–Crippen LogP) is 8.05. The van der Waals surface area contributed by atoms with Gasteiger partial charge in [-0.25, -0.2) is 0 Å². The number of hydrogen-bond acceptors (Lipinski definition) is 2. The van der Waals surface area contributed by atoms with E-state index in [0.29, 0.717) is 23.6 Å². The average molecular weight is 364 g/mol. The maximum Gasteiger partial charge on any atom is 0.124 e. The summed E-state index contributed by atoms with van der Waals surface area (Å²) in [4.78, 5) is 10.4. The molecule has 0 rings (SSSR count). The second-order valence-corrected chi connectivity index (χ2v) is 8.13. The number of unbranched alkanes of at least 4 members (excludes halogenated alkanes) is 12. The SMILES string of the molecule is C=C(CC=O)C(=N)CCC(C)CCCCCCCCCCCCCCC. The first-order chi connectivity index (χ1) is 12.6. The summed E-state index contributed by atoms with van der Waals surface area (Å²) in [6, 6.07) is 0. The fourth-order valence-electron chi connectivity index (χ4n) is 3.45. The fraction of sp³-hybridized carbons (Fsp3) is 0.833. The van der Waals surface area contributed by atoms with Crippen LogP contribution in [0.25, 0.3) is 0 Å². The second-order valence-electron chi connectivity index (χ2n) is 8.13. The first-order valence-electron chi connectivity index (χ1n) is 11.3.